The second-order valence-corrected chi connectivity index (χ2v) is 4.03. The fourth-order valence-corrected chi connectivity index (χ4v) is 1.47. The van der Waals surface area contributed by atoms with Gasteiger partial charge in [-0.1, -0.05) is 6.08 Å². The smallest absolute Gasteiger partial charge is 0.269 e. The van der Waals surface area contributed by atoms with E-state index in [4.69, 9.17) is 4.74 Å². The number of hydrogen-bond donors (Lipinski definition) is 2. The Morgan fingerprint density at radius 2 is 2.20 bits per heavy atom. The molecule has 0 radical (unpaired) electrons. The summed E-state index contributed by atoms with van der Waals surface area (Å²) in [5.41, 5.74) is 0.609. The monoisotopic (exact) mass is 277 g/mol. The van der Waals surface area contributed by atoms with Gasteiger partial charge in [0, 0.05) is 38.6 Å². The SMILES string of the molecule is C=CCNC(=O)c1ccnc(C(=O)NCCCOC)c1. The predicted molar refractivity (Wildman–Crippen MR) is 75.6 cm³/mol. The van der Waals surface area contributed by atoms with Crippen LogP contribution in [0.15, 0.2) is 31.0 Å². The summed E-state index contributed by atoms with van der Waals surface area (Å²) in [5.74, 6) is -0.569. The number of pyridine rings is 1. The van der Waals surface area contributed by atoms with Crippen molar-refractivity contribution < 1.29 is 14.3 Å². The molecule has 1 aromatic rings. The van der Waals surface area contributed by atoms with Crippen LogP contribution in [0.3, 0.4) is 0 Å². The summed E-state index contributed by atoms with van der Waals surface area (Å²) in [6, 6.07) is 3.02. The highest BCUT2D eigenvalue weighted by atomic mass is 16.5. The maximum atomic E-state index is 11.8. The van der Waals surface area contributed by atoms with E-state index in [0.29, 0.717) is 25.3 Å². The van der Waals surface area contributed by atoms with Crippen LogP contribution in [-0.2, 0) is 4.74 Å². The van der Waals surface area contributed by atoms with Crippen LogP contribution in [0.4, 0.5) is 0 Å². The van der Waals surface area contributed by atoms with E-state index in [1.807, 2.05) is 0 Å². The summed E-state index contributed by atoms with van der Waals surface area (Å²) in [5, 5.41) is 5.36. The van der Waals surface area contributed by atoms with Crippen molar-refractivity contribution in [2.45, 2.75) is 6.42 Å². The van der Waals surface area contributed by atoms with Gasteiger partial charge in [0.25, 0.3) is 11.8 Å². The van der Waals surface area contributed by atoms with Crippen LogP contribution in [0.1, 0.15) is 27.3 Å². The summed E-state index contributed by atoms with van der Waals surface area (Å²) >= 11 is 0. The number of carbonyl (C=O) groups is 2. The molecule has 2 N–H and O–H groups in total. The molecule has 1 heterocycles. The third-order valence-corrected chi connectivity index (χ3v) is 2.47. The largest absolute Gasteiger partial charge is 0.385 e. The molecule has 1 aromatic heterocycles. The molecule has 0 fully saturated rings. The van der Waals surface area contributed by atoms with Crippen LogP contribution < -0.4 is 10.6 Å². The topological polar surface area (TPSA) is 80.3 Å². The Balaban J connectivity index is 2.60. The number of rotatable bonds is 8. The van der Waals surface area contributed by atoms with Crippen molar-refractivity contribution in [2.75, 3.05) is 26.8 Å². The summed E-state index contributed by atoms with van der Waals surface area (Å²) < 4.78 is 4.89. The molecule has 0 bridgehead atoms. The first-order valence-corrected chi connectivity index (χ1v) is 6.31. The summed E-state index contributed by atoms with van der Waals surface area (Å²) in [4.78, 5) is 27.5. The van der Waals surface area contributed by atoms with E-state index < -0.39 is 0 Å². The lowest BCUT2D eigenvalue weighted by molar-refractivity contribution is 0.0943. The number of nitrogens with one attached hydrogen (secondary N) is 2. The summed E-state index contributed by atoms with van der Waals surface area (Å²) in [6.07, 6.45) is 3.75. The molecule has 108 valence electrons. The van der Waals surface area contributed by atoms with Gasteiger partial charge in [-0.3, -0.25) is 14.6 Å². The molecule has 0 aromatic carbocycles. The average molecular weight is 277 g/mol. The zero-order valence-electron chi connectivity index (χ0n) is 11.5. The van der Waals surface area contributed by atoms with E-state index in [0.717, 1.165) is 6.42 Å². The van der Waals surface area contributed by atoms with Crippen molar-refractivity contribution in [1.29, 1.82) is 0 Å². The van der Waals surface area contributed by atoms with E-state index >= 15 is 0 Å². The van der Waals surface area contributed by atoms with Crippen LogP contribution >= 0.6 is 0 Å². The second-order valence-electron chi connectivity index (χ2n) is 4.03. The number of amides is 2. The van der Waals surface area contributed by atoms with Gasteiger partial charge in [-0.05, 0) is 18.6 Å². The second kappa shape index (κ2) is 8.82. The standard InChI is InChI=1S/C14H19N3O3/c1-3-6-16-13(18)11-5-8-15-12(10-11)14(19)17-7-4-9-20-2/h3,5,8,10H,1,4,6-7,9H2,2H3,(H,16,18)(H,17,19). The maximum Gasteiger partial charge on any atom is 0.269 e. The predicted octanol–water partition coefficient (Wildman–Crippen LogP) is 0.764. The Morgan fingerprint density at radius 1 is 1.40 bits per heavy atom. The Labute approximate surface area is 118 Å². The number of nitrogens with zero attached hydrogens (tertiary/aromatic N) is 1. The number of methoxy groups -OCH3 is 1. The molecule has 0 unspecified atom stereocenters. The highest BCUT2D eigenvalue weighted by Gasteiger charge is 2.10. The minimum absolute atomic E-state index is 0.216. The third kappa shape index (κ3) is 5.19. The highest BCUT2D eigenvalue weighted by Crippen LogP contribution is 2.02. The molecule has 20 heavy (non-hydrogen) atoms. The average Bonchev–Trinajstić information content (AvgIpc) is 2.49. The molecular formula is C14H19N3O3. The van der Waals surface area contributed by atoms with Crippen molar-refractivity contribution >= 4 is 11.8 Å². The van der Waals surface area contributed by atoms with E-state index in [-0.39, 0.29) is 17.5 Å². The van der Waals surface area contributed by atoms with Crippen LogP contribution in [0.25, 0.3) is 0 Å². The van der Waals surface area contributed by atoms with Gasteiger partial charge in [0.1, 0.15) is 5.69 Å². The van der Waals surface area contributed by atoms with Gasteiger partial charge < -0.3 is 15.4 Å². The minimum atomic E-state index is -0.306. The Kier molecular flexibility index (Phi) is 6.99. The lowest BCUT2D eigenvalue weighted by Gasteiger charge is -2.06. The first-order valence-electron chi connectivity index (χ1n) is 6.31. The number of hydrogen-bond acceptors (Lipinski definition) is 4. The van der Waals surface area contributed by atoms with E-state index in [1.165, 1.54) is 12.3 Å². The van der Waals surface area contributed by atoms with Crippen molar-refractivity contribution in [3.8, 4) is 0 Å². The molecule has 0 aliphatic carbocycles. The fourth-order valence-electron chi connectivity index (χ4n) is 1.47. The van der Waals surface area contributed by atoms with Crippen molar-refractivity contribution in [3.63, 3.8) is 0 Å². The Morgan fingerprint density at radius 3 is 2.90 bits per heavy atom. The molecule has 1 rings (SSSR count). The van der Waals surface area contributed by atoms with Crippen LogP contribution in [0.2, 0.25) is 0 Å². The lowest BCUT2D eigenvalue weighted by atomic mass is 10.2. The molecule has 0 aliphatic heterocycles. The van der Waals surface area contributed by atoms with Crippen molar-refractivity contribution in [2.24, 2.45) is 0 Å². The molecule has 6 heteroatoms. The third-order valence-electron chi connectivity index (χ3n) is 2.47. The van der Waals surface area contributed by atoms with Gasteiger partial charge in [-0.25, -0.2) is 0 Å². The quantitative estimate of drug-likeness (QED) is 0.543. The molecule has 6 nitrogen and oxygen atoms in total. The fraction of sp³-hybridized carbons (Fsp3) is 0.357. The number of carbonyl (C=O) groups excluding carboxylic acids is 2. The lowest BCUT2D eigenvalue weighted by Crippen LogP contribution is -2.27. The van der Waals surface area contributed by atoms with Gasteiger partial charge in [0.15, 0.2) is 0 Å². The highest BCUT2D eigenvalue weighted by molar-refractivity contribution is 5.98. The molecule has 0 saturated carbocycles. The molecule has 0 saturated heterocycles. The first-order chi connectivity index (χ1) is 9.69. The molecule has 2 amide bonds. The maximum absolute atomic E-state index is 11.8. The molecular weight excluding hydrogens is 258 g/mol. The van der Waals surface area contributed by atoms with Crippen LogP contribution in [0, 0.1) is 0 Å². The minimum Gasteiger partial charge on any atom is -0.385 e. The number of aromatic nitrogens is 1. The van der Waals surface area contributed by atoms with Crippen LogP contribution in [-0.4, -0.2) is 43.6 Å². The van der Waals surface area contributed by atoms with Gasteiger partial charge in [-0.2, -0.15) is 0 Å². The van der Waals surface area contributed by atoms with E-state index in [9.17, 15) is 9.59 Å². The normalized spacial score (nSPS) is 9.85. The molecule has 0 aliphatic rings. The van der Waals surface area contributed by atoms with Gasteiger partial charge >= 0.3 is 0 Å². The first kappa shape index (κ1) is 15.8. The molecule has 0 spiro atoms. The zero-order chi connectivity index (χ0) is 14.8. The number of ether oxygens (including phenoxy) is 1. The van der Waals surface area contributed by atoms with Gasteiger partial charge in [0.05, 0.1) is 0 Å². The van der Waals surface area contributed by atoms with Crippen molar-refractivity contribution in [3.05, 3.63) is 42.2 Å². The van der Waals surface area contributed by atoms with E-state index in [1.54, 1.807) is 19.3 Å². The summed E-state index contributed by atoms with van der Waals surface area (Å²) in [7, 11) is 1.61. The Bertz CT molecular complexity index is 474. The van der Waals surface area contributed by atoms with Gasteiger partial charge in [0.2, 0.25) is 0 Å². The summed E-state index contributed by atoms with van der Waals surface area (Å²) in [6.45, 7) is 4.98. The Hall–Kier alpha value is -2.21. The van der Waals surface area contributed by atoms with Gasteiger partial charge in [-0.15, -0.1) is 6.58 Å². The van der Waals surface area contributed by atoms with Crippen LogP contribution in [0.5, 0.6) is 0 Å². The zero-order valence-corrected chi connectivity index (χ0v) is 11.5. The van der Waals surface area contributed by atoms with Crippen molar-refractivity contribution in [1.82, 2.24) is 15.6 Å². The van der Waals surface area contributed by atoms with E-state index in [2.05, 4.69) is 22.2 Å². The molecule has 0 atom stereocenters.